The molecule has 0 saturated carbocycles. The molecule has 0 radical (unpaired) electrons. The van der Waals surface area contributed by atoms with Gasteiger partial charge < -0.3 is 19.5 Å². The minimum absolute atomic E-state index is 0.0178. The quantitative estimate of drug-likeness (QED) is 0.791. The lowest BCUT2D eigenvalue weighted by atomic mass is 10.3. The topological polar surface area (TPSA) is 59.4 Å². The molecule has 98 valence electrons. The fourth-order valence-electron chi connectivity index (χ4n) is 2.39. The Bertz CT molecular complexity index is 412. The normalized spacial score (nSPS) is 19.9. The Balaban J connectivity index is 1.76. The van der Waals surface area contributed by atoms with E-state index in [1.807, 2.05) is 15.7 Å². The molecular weight excluding hydrogens is 232 g/mol. The number of ether oxygens (including phenoxy) is 1. The predicted molar refractivity (Wildman–Crippen MR) is 66.7 cm³/mol. The third-order valence-electron chi connectivity index (χ3n) is 3.36. The number of hydrogen-bond donors (Lipinski definition) is 1. The van der Waals surface area contributed by atoms with E-state index in [1.54, 1.807) is 0 Å². The smallest absolute Gasteiger partial charge is 0.274 e. The Morgan fingerprint density at radius 1 is 1.28 bits per heavy atom. The average Bonchev–Trinajstić information content (AvgIpc) is 2.64. The first-order chi connectivity index (χ1) is 8.84. The second-order valence-corrected chi connectivity index (χ2v) is 4.68. The lowest BCUT2D eigenvalue weighted by Gasteiger charge is -2.17. The number of nitrogens with one attached hydrogen (secondary N) is 1. The first kappa shape index (κ1) is 11.5. The van der Waals surface area contributed by atoms with Gasteiger partial charge in [-0.2, -0.15) is 0 Å². The van der Waals surface area contributed by atoms with Crippen molar-refractivity contribution in [2.75, 3.05) is 38.2 Å². The molecule has 0 aromatic carbocycles. The van der Waals surface area contributed by atoms with Crippen molar-refractivity contribution in [3.05, 3.63) is 11.9 Å². The van der Waals surface area contributed by atoms with E-state index in [0.717, 1.165) is 45.0 Å². The number of fused-ring (bicyclic) bond motifs is 1. The maximum atomic E-state index is 12.3. The van der Waals surface area contributed by atoms with Crippen LogP contribution in [-0.4, -0.2) is 53.2 Å². The van der Waals surface area contributed by atoms with Gasteiger partial charge >= 0.3 is 0 Å². The summed E-state index contributed by atoms with van der Waals surface area (Å²) in [4.78, 5) is 18.5. The second-order valence-electron chi connectivity index (χ2n) is 4.68. The number of carbonyl (C=O) groups is 1. The van der Waals surface area contributed by atoms with Crippen LogP contribution >= 0.6 is 0 Å². The average molecular weight is 250 g/mol. The van der Waals surface area contributed by atoms with E-state index >= 15 is 0 Å². The van der Waals surface area contributed by atoms with Crippen LogP contribution in [0.5, 0.6) is 0 Å². The van der Waals surface area contributed by atoms with Gasteiger partial charge in [0.15, 0.2) is 0 Å². The van der Waals surface area contributed by atoms with E-state index in [9.17, 15) is 4.79 Å². The van der Waals surface area contributed by atoms with Gasteiger partial charge in [0.2, 0.25) is 5.95 Å². The Labute approximate surface area is 106 Å². The number of amides is 1. The lowest BCUT2D eigenvalue weighted by molar-refractivity contribution is 0.0736. The molecule has 0 aliphatic carbocycles. The molecule has 1 amide bonds. The Hall–Kier alpha value is -1.56. The number of carbonyl (C=O) groups excluding carboxylic acids is 1. The van der Waals surface area contributed by atoms with Gasteiger partial charge in [-0.15, -0.1) is 0 Å². The van der Waals surface area contributed by atoms with Crippen LogP contribution in [0.1, 0.15) is 23.3 Å². The summed E-state index contributed by atoms with van der Waals surface area (Å²) in [5.74, 6) is 0.833. The molecule has 1 fully saturated rings. The third-order valence-corrected chi connectivity index (χ3v) is 3.36. The standard InChI is InChI=1S/C12H18N4O2/c17-11(15-5-2-7-18-8-6-15)10-9-16-4-1-3-13-12(16)14-10/h9H,1-8H2,(H,13,14). The zero-order chi connectivity index (χ0) is 12.4. The molecule has 2 aliphatic heterocycles. The molecule has 6 nitrogen and oxygen atoms in total. The van der Waals surface area contributed by atoms with Crippen LogP contribution < -0.4 is 5.32 Å². The van der Waals surface area contributed by atoms with Crippen molar-refractivity contribution < 1.29 is 9.53 Å². The molecule has 1 aromatic rings. The minimum Gasteiger partial charge on any atom is -0.380 e. The zero-order valence-corrected chi connectivity index (χ0v) is 10.4. The minimum atomic E-state index is 0.0178. The molecule has 0 atom stereocenters. The number of imidazole rings is 1. The van der Waals surface area contributed by atoms with E-state index in [2.05, 4.69) is 10.3 Å². The molecular formula is C12H18N4O2. The summed E-state index contributed by atoms with van der Waals surface area (Å²) in [6.07, 6.45) is 3.83. The van der Waals surface area contributed by atoms with Crippen LogP contribution in [0, 0.1) is 0 Å². The van der Waals surface area contributed by atoms with E-state index in [1.165, 1.54) is 0 Å². The van der Waals surface area contributed by atoms with Gasteiger partial charge in [0.1, 0.15) is 5.69 Å². The Morgan fingerprint density at radius 2 is 2.22 bits per heavy atom. The highest BCUT2D eigenvalue weighted by molar-refractivity contribution is 5.92. The van der Waals surface area contributed by atoms with E-state index < -0.39 is 0 Å². The predicted octanol–water partition coefficient (Wildman–Crippen LogP) is 0.561. The molecule has 1 N–H and O–H groups in total. The van der Waals surface area contributed by atoms with E-state index in [4.69, 9.17) is 4.74 Å². The maximum absolute atomic E-state index is 12.3. The SMILES string of the molecule is O=C(c1cn2c(n1)NCCC2)N1CCCOCC1. The molecule has 0 spiro atoms. The molecule has 1 saturated heterocycles. The van der Waals surface area contributed by atoms with Gasteiger partial charge in [0.25, 0.3) is 5.91 Å². The van der Waals surface area contributed by atoms with Crippen LogP contribution in [0.25, 0.3) is 0 Å². The zero-order valence-electron chi connectivity index (χ0n) is 10.4. The van der Waals surface area contributed by atoms with Gasteiger partial charge in [-0.3, -0.25) is 4.79 Å². The van der Waals surface area contributed by atoms with Crippen molar-refractivity contribution in [3.8, 4) is 0 Å². The van der Waals surface area contributed by atoms with E-state index in [0.29, 0.717) is 18.8 Å². The van der Waals surface area contributed by atoms with Crippen molar-refractivity contribution in [2.24, 2.45) is 0 Å². The molecule has 3 heterocycles. The molecule has 2 aliphatic rings. The fourth-order valence-corrected chi connectivity index (χ4v) is 2.39. The van der Waals surface area contributed by atoms with Gasteiger partial charge in [-0.05, 0) is 12.8 Å². The summed E-state index contributed by atoms with van der Waals surface area (Å²) in [5, 5.41) is 3.21. The highest BCUT2D eigenvalue weighted by Crippen LogP contribution is 2.16. The largest absolute Gasteiger partial charge is 0.380 e. The van der Waals surface area contributed by atoms with Gasteiger partial charge in [0.05, 0.1) is 6.61 Å². The molecule has 0 unspecified atom stereocenters. The summed E-state index contributed by atoms with van der Waals surface area (Å²) < 4.78 is 7.38. The number of anilines is 1. The lowest BCUT2D eigenvalue weighted by Crippen LogP contribution is -2.33. The van der Waals surface area contributed by atoms with Gasteiger partial charge in [0, 0.05) is 39.0 Å². The number of rotatable bonds is 1. The van der Waals surface area contributed by atoms with E-state index in [-0.39, 0.29) is 5.91 Å². The summed E-state index contributed by atoms with van der Waals surface area (Å²) in [6, 6.07) is 0. The van der Waals surface area contributed by atoms with Crippen LogP contribution in [0.3, 0.4) is 0 Å². The monoisotopic (exact) mass is 250 g/mol. The fraction of sp³-hybridized carbons (Fsp3) is 0.667. The Kier molecular flexibility index (Phi) is 3.19. The van der Waals surface area contributed by atoms with Gasteiger partial charge in [-0.25, -0.2) is 4.98 Å². The van der Waals surface area contributed by atoms with Crippen LogP contribution in [0.15, 0.2) is 6.20 Å². The van der Waals surface area contributed by atoms with Crippen LogP contribution in [0.2, 0.25) is 0 Å². The Morgan fingerprint density at radius 3 is 3.11 bits per heavy atom. The summed E-state index contributed by atoms with van der Waals surface area (Å²) in [5.41, 5.74) is 0.543. The molecule has 3 rings (SSSR count). The number of hydrogen-bond acceptors (Lipinski definition) is 4. The molecule has 0 bridgehead atoms. The van der Waals surface area contributed by atoms with Crippen molar-refractivity contribution in [2.45, 2.75) is 19.4 Å². The van der Waals surface area contributed by atoms with Crippen molar-refractivity contribution in [1.29, 1.82) is 0 Å². The van der Waals surface area contributed by atoms with Crippen molar-refractivity contribution >= 4 is 11.9 Å². The third kappa shape index (κ3) is 2.20. The summed E-state index contributed by atoms with van der Waals surface area (Å²) in [7, 11) is 0. The van der Waals surface area contributed by atoms with Gasteiger partial charge in [-0.1, -0.05) is 0 Å². The summed E-state index contributed by atoms with van der Waals surface area (Å²) >= 11 is 0. The number of aryl methyl sites for hydroxylation is 1. The molecule has 1 aromatic heterocycles. The van der Waals surface area contributed by atoms with Crippen molar-refractivity contribution in [1.82, 2.24) is 14.5 Å². The highest BCUT2D eigenvalue weighted by atomic mass is 16.5. The second kappa shape index (κ2) is 4.97. The first-order valence-electron chi connectivity index (χ1n) is 6.53. The highest BCUT2D eigenvalue weighted by Gasteiger charge is 2.22. The molecule has 6 heteroatoms. The maximum Gasteiger partial charge on any atom is 0.274 e. The number of aromatic nitrogens is 2. The van der Waals surface area contributed by atoms with Crippen LogP contribution in [0.4, 0.5) is 5.95 Å². The summed E-state index contributed by atoms with van der Waals surface area (Å²) in [6.45, 7) is 4.65. The van der Waals surface area contributed by atoms with Crippen molar-refractivity contribution in [3.63, 3.8) is 0 Å². The molecule has 18 heavy (non-hydrogen) atoms. The first-order valence-corrected chi connectivity index (χ1v) is 6.53. The number of nitrogens with zero attached hydrogens (tertiary/aromatic N) is 3. The van der Waals surface area contributed by atoms with Crippen LogP contribution in [-0.2, 0) is 11.3 Å².